The van der Waals surface area contributed by atoms with Gasteiger partial charge in [0.2, 0.25) is 5.75 Å². The van der Waals surface area contributed by atoms with Crippen LogP contribution in [-0.4, -0.2) is 18.0 Å². The Morgan fingerprint density at radius 2 is 1.91 bits per heavy atom. The van der Waals surface area contributed by atoms with E-state index in [1.165, 1.54) is 31.4 Å². The lowest BCUT2D eigenvalue weighted by Crippen LogP contribution is -2.12. The van der Waals surface area contributed by atoms with Gasteiger partial charge in [0.05, 0.1) is 34.6 Å². The lowest BCUT2D eigenvalue weighted by atomic mass is 10.1. The Bertz CT molecular complexity index is 764. The third-order valence-electron chi connectivity index (χ3n) is 2.92. The number of ether oxygens (including phenoxy) is 2. The molecule has 0 saturated carbocycles. The number of hydrogen-bond donors (Lipinski definition) is 0. The monoisotopic (exact) mass is 355 g/mol. The fourth-order valence-electron chi connectivity index (χ4n) is 1.83. The fourth-order valence-corrected chi connectivity index (χ4v) is 2.15. The third kappa shape index (κ3) is 4.34. The molecule has 0 aromatic heterocycles. The van der Waals surface area contributed by atoms with Gasteiger partial charge in [0.1, 0.15) is 5.75 Å². The van der Waals surface area contributed by atoms with E-state index in [0.717, 1.165) is 0 Å². The molecule has 0 radical (unpaired) electrons. The zero-order valence-electron chi connectivity index (χ0n) is 11.9. The van der Waals surface area contributed by atoms with E-state index in [1.54, 1.807) is 12.1 Å². The van der Waals surface area contributed by atoms with Gasteiger partial charge in [-0.3, -0.25) is 14.9 Å². The van der Waals surface area contributed by atoms with Gasteiger partial charge in [-0.1, -0.05) is 29.3 Å². The van der Waals surface area contributed by atoms with Gasteiger partial charge in [-0.05, 0) is 29.8 Å². The van der Waals surface area contributed by atoms with Crippen LogP contribution in [0.2, 0.25) is 10.0 Å². The normalized spacial score (nSPS) is 10.2. The van der Waals surface area contributed by atoms with Gasteiger partial charge in [0.15, 0.2) is 0 Å². The number of nitrogens with zero attached hydrogens (tertiary/aromatic N) is 1. The van der Waals surface area contributed by atoms with Crippen molar-refractivity contribution in [1.29, 1.82) is 0 Å². The number of nitro benzene ring substituents is 1. The number of rotatable bonds is 5. The largest absolute Gasteiger partial charge is 0.496 e. The molecule has 0 bridgehead atoms. The number of carbonyl (C=O) groups excluding carboxylic acids is 1. The molecule has 0 spiro atoms. The Morgan fingerprint density at radius 1 is 1.17 bits per heavy atom. The van der Waals surface area contributed by atoms with E-state index < -0.39 is 10.9 Å². The van der Waals surface area contributed by atoms with Crippen LogP contribution < -0.4 is 9.47 Å². The maximum atomic E-state index is 12.0. The molecule has 8 heteroatoms. The number of nitro groups is 1. The van der Waals surface area contributed by atoms with Crippen molar-refractivity contribution in [3.63, 3.8) is 0 Å². The molecule has 0 aliphatic heterocycles. The van der Waals surface area contributed by atoms with Gasteiger partial charge in [-0.2, -0.15) is 0 Å². The van der Waals surface area contributed by atoms with Crippen molar-refractivity contribution in [3.8, 4) is 11.5 Å². The van der Waals surface area contributed by atoms with Gasteiger partial charge in [0, 0.05) is 0 Å². The first-order chi connectivity index (χ1) is 10.9. The molecule has 0 saturated heterocycles. The Balaban J connectivity index is 2.16. The summed E-state index contributed by atoms with van der Waals surface area (Å²) in [5.41, 5.74) is 0.229. The van der Waals surface area contributed by atoms with Crippen molar-refractivity contribution >= 4 is 34.9 Å². The molecular weight excluding hydrogens is 345 g/mol. The van der Waals surface area contributed by atoms with E-state index in [2.05, 4.69) is 0 Å². The molecule has 0 aliphatic rings. The van der Waals surface area contributed by atoms with Crippen LogP contribution in [0.5, 0.6) is 11.5 Å². The molecule has 0 fully saturated rings. The predicted octanol–water partition coefficient (Wildman–Crippen LogP) is 4.06. The maximum Gasteiger partial charge on any atom is 0.315 e. The summed E-state index contributed by atoms with van der Waals surface area (Å²) in [4.78, 5) is 22.3. The third-order valence-corrected chi connectivity index (χ3v) is 3.66. The summed E-state index contributed by atoms with van der Waals surface area (Å²) in [6, 6.07) is 8.67. The summed E-state index contributed by atoms with van der Waals surface area (Å²) in [7, 11) is 1.38. The van der Waals surface area contributed by atoms with E-state index >= 15 is 0 Å². The highest BCUT2D eigenvalue weighted by Gasteiger charge is 2.19. The Hall–Kier alpha value is -2.31. The molecule has 0 atom stereocenters. The lowest BCUT2D eigenvalue weighted by Gasteiger charge is -2.07. The van der Waals surface area contributed by atoms with Crippen LogP contribution in [0.1, 0.15) is 5.56 Å². The maximum absolute atomic E-state index is 12.0. The first-order valence-corrected chi connectivity index (χ1v) is 7.13. The summed E-state index contributed by atoms with van der Waals surface area (Å²) >= 11 is 11.7. The van der Waals surface area contributed by atoms with E-state index in [9.17, 15) is 14.9 Å². The fraction of sp³-hybridized carbons (Fsp3) is 0.133. The summed E-state index contributed by atoms with van der Waals surface area (Å²) < 4.78 is 9.98. The molecule has 0 heterocycles. The second kappa shape index (κ2) is 7.30. The Labute approximate surface area is 141 Å². The van der Waals surface area contributed by atoms with Crippen molar-refractivity contribution in [3.05, 3.63) is 62.1 Å². The van der Waals surface area contributed by atoms with E-state index in [-0.39, 0.29) is 17.9 Å². The van der Waals surface area contributed by atoms with Crippen LogP contribution in [-0.2, 0) is 11.2 Å². The highest BCUT2D eigenvalue weighted by Crippen LogP contribution is 2.31. The standard InChI is InChI=1S/C15H11Cl2NO5/c1-22-10-3-5-14(13(8-10)18(20)21)23-15(19)7-9-2-4-11(16)12(17)6-9/h2-6,8H,7H2,1H3. The number of benzene rings is 2. The minimum Gasteiger partial charge on any atom is -0.496 e. The van der Waals surface area contributed by atoms with Gasteiger partial charge in [-0.25, -0.2) is 0 Å². The molecular formula is C15H11Cl2NO5. The van der Waals surface area contributed by atoms with Crippen LogP contribution in [0, 0.1) is 10.1 Å². The Kier molecular flexibility index (Phi) is 5.41. The quantitative estimate of drug-likeness (QED) is 0.349. The number of halogens is 2. The van der Waals surface area contributed by atoms with Crippen LogP contribution in [0.15, 0.2) is 36.4 Å². The van der Waals surface area contributed by atoms with Gasteiger partial charge < -0.3 is 9.47 Å². The minimum absolute atomic E-state index is 0.0972. The first-order valence-electron chi connectivity index (χ1n) is 6.37. The molecule has 2 rings (SSSR count). The number of carbonyl (C=O) groups is 1. The molecule has 23 heavy (non-hydrogen) atoms. The van der Waals surface area contributed by atoms with Crippen LogP contribution in [0.3, 0.4) is 0 Å². The topological polar surface area (TPSA) is 78.7 Å². The SMILES string of the molecule is COc1ccc(OC(=O)Cc2ccc(Cl)c(Cl)c2)c([N+](=O)[O-])c1. The second-order valence-corrected chi connectivity index (χ2v) is 5.30. The van der Waals surface area contributed by atoms with E-state index in [1.807, 2.05) is 0 Å². The Morgan fingerprint density at radius 3 is 2.52 bits per heavy atom. The van der Waals surface area contributed by atoms with Gasteiger partial charge in [0.25, 0.3) is 0 Å². The van der Waals surface area contributed by atoms with Crippen molar-refractivity contribution in [2.24, 2.45) is 0 Å². The van der Waals surface area contributed by atoms with Crippen LogP contribution >= 0.6 is 23.2 Å². The molecule has 120 valence electrons. The summed E-state index contributed by atoms with van der Waals surface area (Å²) in [6.07, 6.45) is -0.0972. The van der Waals surface area contributed by atoms with Crippen molar-refractivity contribution in [2.45, 2.75) is 6.42 Å². The summed E-state index contributed by atoms with van der Waals surface area (Å²) in [6.45, 7) is 0. The average Bonchev–Trinajstić information content (AvgIpc) is 2.51. The predicted molar refractivity (Wildman–Crippen MR) is 85.4 cm³/mol. The molecule has 6 nitrogen and oxygen atoms in total. The molecule has 0 unspecified atom stereocenters. The summed E-state index contributed by atoms with van der Waals surface area (Å²) in [5.74, 6) is -0.515. The second-order valence-electron chi connectivity index (χ2n) is 4.49. The molecule has 2 aromatic carbocycles. The lowest BCUT2D eigenvalue weighted by molar-refractivity contribution is -0.385. The van der Waals surface area contributed by atoms with Crippen molar-refractivity contribution in [2.75, 3.05) is 7.11 Å². The molecule has 0 N–H and O–H groups in total. The first kappa shape index (κ1) is 17.1. The van der Waals surface area contributed by atoms with Crippen LogP contribution in [0.25, 0.3) is 0 Å². The molecule has 0 amide bonds. The average molecular weight is 356 g/mol. The molecule has 2 aromatic rings. The minimum atomic E-state index is -0.656. The number of hydrogen-bond acceptors (Lipinski definition) is 5. The highest BCUT2D eigenvalue weighted by atomic mass is 35.5. The number of esters is 1. The van der Waals surface area contributed by atoms with E-state index in [0.29, 0.717) is 21.4 Å². The zero-order valence-corrected chi connectivity index (χ0v) is 13.4. The van der Waals surface area contributed by atoms with Gasteiger partial charge >= 0.3 is 11.7 Å². The van der Waals surface area contributed by atoms with Gasteiger partial charge in [-0.15, -0.1) is 0 Å². The van der Waals surface area contributed by atoms with Crippen molar-refractivity contribution in [1.82, 2.24) is 0 Å². The van der Waals surface area contributed by atoms with E-state index in [4.69, 9.17) is 32.7 Å². The van der Waals surface area contributed by atoms with Crippen LogP contribution in [0.4, 0.5) is 5.69 Å². The number of methoxy groups -OCH3 is 1. The van der Waals surface area contributed by atoms with Crippen molar-refractivity contribution < 1.29 is 19.2 Å². The molecule has 0 aliphatic carbocycles. The highest BCUT2D eigenvalue weighted by molar-refractivity contribution is 6.42. The summed E-state index contributed by atoms with van der Waals surface area (Å²) in [5, 5.41) is 11.7. The smallest absolute Gasteiger partial charge is 0.315 e. The zero-order chi connectivity index (χ0) is 17.0.